The molecular formula is C23H12FNO4. The fourth-order valence-corrected chi connectivity index (χ4v) is 3.48. The zero-order valence-electron chi connectivity index (χ0n) is 14.8. The zero-order valence-corrected chi connectivity index (χ0v) is 14.8. The van der Waals surface area contributed by atoms with E-state index in [1.54, 1.807) is 18.2 Å². The summed E-state index contributed by atoms with van der Waals surface area (Å²) in [5.74, 6) is -1.11. The van der Waals surface area contributed by atoms with Gasteiger partial charge >= 0.3 is 5.63 Å². The Morgan fingerprint density at radius 3 is 2.66 bits per heavy atom. The van der Waals surface area contributed by atoms with Gasteiger partial charge in [-0.15, -0.1) is 0 Å². The van der Waals surface area contributed by atoms with Crippen molar-refractivity contribution in [1.29, 1.82) is 0 Å². The summed E-state index contributed by atoms with van der Waals surface area (Å²) in [6, 6.07) is 15.6. The van der Waals surface area contributed by atoms with Gasteiger partial charge in [-0.2, -0.15) is 0 Å². The van der Waals surface area contributed by atoms with E-state index in [1.807, 2.05) is 12.1 Å². The van der Waals surface area contributed by atoms with E-state index < -0.39 is 17.2 Å². The molecule has 0 aliphatic heterocycles. The molecule has 0 unspecified atom stereocenters. The van der Waals surface area contributed by atoms with Crippen LogP contribution in [-0.4, -0.2) is 15.9 Å². The number of benzene rings is 3. The van der Waals surface area contributed by atoms with E-state index in [9.17, 15) is 19.1 Å². The number of aromatic hydroxyl groups is 1. The van der Waals surface area contributed by atoms with Crippen molar-refractivity contribution < 1.29 is 18.7 Å². The van der Waals surface area contributed by atoms with E-state index >= 15 is 0 Å². The summed E-state index contributed by atoms with van der Waals surface area (Å²) >= 11 is 0. The van der Waals surface area contributed by atoms with Crippen LogP contribution in [0.4, 0.5) is 4.39 Å². The van der Waals surface area contributed by atoms with Gasteiger partial charge in [-0.05, 0) is 35.7 Å². The lowest BCUT2D eigenvalue weighted by Gasteiger charge is -2.08. The minimum atomic E-state index is -0.677. The van der Waals surface area contributed by atoms with Crippen LogP contribution < -0.4 is 5.63 Å². The van der Waals surface area contributed by atoms with Crippen molar-refractivity contribution in [3.63, 3.8) is 0 Å². The highest BCUT2D eigenvalue weighted by atomic mass is 19.1. The number of pyridine rings is 1. The van der Waals surface area contributed by atoms with E-state index in [0.29, 0.717) is 10.8 Å². The zero-order chi connectivity index (χ0) is 20.1. The van der Waals surface area contributed by atoms with Gasteiger partial charge in [0.1, 0.15) is 17.1 Å². The third kappa shape index (κ3) is 2.65. The number of rotatable bonds is 2. The van der Waals surface area contributed by atoms with Gasteiger partial charge in [-0.3, -0.25) is 9.78 Å². The number of fused-ring (bicyclic) bond motifs is 4. The Bertz CT molecular complexity index is 1520. The summed E-state index contributed by atoms with van der Waals surface area (Å²) in [7, 11) is 0. The molecule has 0 aliphatic carbocycles. The number of carbonyl (C=O) groups excluding carboxylic acids is 1. The van der Waals surface area contributed by atoms with E-state index in [0.717, 1.165) is 5.39 Å². The van der Waals surface area contributed by atoms with Gasteiger partial charge in [-0.25, -0.2) is 9.18 Å². The number of halogens is 1. The van der Waals surface area contributed by atoms with Gasteiger partial charge in [0.25, 0.3) is 0 Å². The third-order valence-corrected chi connectivity index (χ3v) is 4.91. The summed E-state index contributed by atoms with van der Waals surface area (Å²) in [6.45, 7) is 0. The first-order chi connectivity index (χ1) is 14.0. The normalized spacial score (nSPS) is 11.3. The highest BCUT2D eigenvalue weighted by Gasteiger charge is 2.18. The summed E-state index contributed by atoms with van der Waals surface area (Å²) < 4.78 is 18.9. The van der Waals surface area contributed by atoms with E-state index in [4.69, 9.17) is 4.42 Å². The second-order valence-corrected chi connectivity index (χ2v) is 6.66. The summed E-state index contributed by atoms with van der Waals surface area (Å²) in [4.78, 5) is 29.6. The van der Waals surface area contributed by atoms with Crippen molar-refractivity contribution in [1.82, 2.24) is 4.98 Å². The molecular weight excluding hydrogens is 373 g/mol. The Morgan fingerprint density at radius 2 is 1.79 bits per heavy atom. The summed E-state index contributed by atoms with van der Waals surface area (Å²) in [6.07, 6.45) is 1.31. The molecule has 6 heteroatoms. The number of hydrogen-bond acceptors (Lipinski definition) is 5. The lowest BCUT2D eigenvalue weighted by atomic mass is 9.98. The molecule has 5 aromatic rings. The number of phenols is 1. The topological polar surface area (TPSA) is 80.4 Å². The molecule has 0 amide bonds. The molecule has 5 nitrogen and oxygen atoms in total. The molecule has 29 heavy (non-hydrogen) atoms. The van der Waals surface area contributed by atoms with Crippen LogP contribution in [0, 0.1) is 5.82 Å². The van der Waals surface area contributed by atoms with Crippen molar-refractivity contribution in [2.45, 2.75) is 0 Å². The molecule has 5 rings (SSSR count). The second kappa shape index (κ2) is 6.24. The lowest BCUT2D eigenvalue weighted by molar-refractivity contribution is 0.103. The number of aromatic nitrogens is 1. The van der Waals surface area contributed by atoms with Crippen molar-refractivity contribution in [3.8, 4) is 5.75 Å². The molecule has 0 atom stereocenters. The minimum absolute atomic E-state index is 0.0641. The smallest absolute Gasteiger partial charge is 0.345 e. The van der Waals surface area contributed by atoms with Gasteiger partial charge in [0.05, 0.1) is 16.5 Å². The highest BCUT2D eigenvalue weighted by Crippen LogP contribution is 2.31. The number of carbonyl (C=O) groups is 1. The van der Waals surface area contributed by atoms with Crippen molar-refractivity contribution in [3.05, 3.63) is 94.2 Å². The van der Waals surface area contributed by atoms with Gasteiger partial charge in [0.15, 0.2) is 5.78 Å². The van der Waals surface area contributed by atoms with E-state index in [-0.39, 0.29) is 33.4 Å². The predicted octanol–water partition coefficient (Wildman–Crippen LogP) is 4.57. The van der Waals surface area contributed by atoms with Crippen LogP contribution in [0.1, 0.15) is 15.9 Å². The maximum Gasteiger partial charge on any atom is 0.345 e. The number of nitrogens with zero attached hydrogens (tertiary/aromatic N) is 1. The largest absolute Gasteiger partial charge is 0.507 e. The van der Waals surface area contributed by atoms with Crippen molar-refractivity contribution in [2.24, 2.45) is 0 Å². The first-order valence-corrected chi connectivity index (χ1v) is 8.80. The van der Waals surface area contributed by atoms with Gasteiger partial charge in [0.2, 0.25) is 0 Å². The molecule has 0 fully saturated rings. The fraction of sp³-hybridized carbons (Fsp3) is 0. The molecule has 0 radical (unpaired) electrons. The maximum absolute atomic E-state index is 13.6. The Hall–Kier alpha value is -4.06. The molecule has 2 aromatic heterocycles. The summed E-state index contributed by atoms with van der Waals surface area (Å²) in [5, 5.41) is 12.3. The van der Waals surface area contributed by atoms with Crippen LogP contribution in [0.25, 0.3) is 32.6 Å². The van der Waals surface area contributed by atoms with Crippen LogP contribution in [0.15, 0.2) is 76.1 Å². The van der Waals surface area contributed by atoms with Crippen LogP contribution in [-0.2, 0) is 0 Å². The van der Waals surface area contributed by atoms with Gasteiger partial charge < -0.3 is 9.52 Å². The number of phenolic OH excluding ortho intramolecular Hbond substituents is 1. The quantitative estimate of drug-likeness (QED) is 0.274. The first-order valence-electron chi connectivity index (χ1n) is 8.80. The molecule has 140 valence electrons. The van der Waals surface area contributed by atoms with Crippen LogP contribution in [0.3, 0.4) is 0 Å². The Morgan fingerprint density at radius 1 is 0.966 bits per heavy atom. The Balaban J connectivity index is 1.70. The number of hydrogen-bond donors (Lipinski definition) is 1. The first kappa shape index (κ1) is 17.1. The highest BCUT2D eigenvalue weighted by molar-refractivity contribution is 6.15. The molecule has 0 saturated heterocycles. The van der Waals surface area contributed by atoms with Crippen LogP contribution in [0.2, 0.25) is 0 Å². The monoisotopic (exact) mass is 385 g/mol. The molecule has 1 N–H and O–H groups in total. The molecule has 0 aliphatic rings. The third-order valence-electron chi connectivity index (χ3n) is 4.91. The Kier molecular flexibility index (Phi) is 3.67. The van der Waals surface area contributed by atoms with Crippen LogP contribution >= 0.6 is 0 Å². The maximum atomic E-state index is 13.6. The van der Waals surface area contributed by atoms with Crippen LogP contribution in [0.5, 0.6) is 5.75 Å². The van der Waals surface area contributed by atoms with Gasteiger partial charge in [0, 0.05) is 22.5 Å². The summed E-state index contributed by atoms with van der Waals surface area (Å²) in [5.41, 5.74) is -0.00567. The number of ketones is 1. The average Bonchev–Trinajstić information content (AvgIpc) is 2.74. The predicted molar refractivity (Wildman–Crippen MR) is 107 cm³/mol. The molecule has 3 aromatic carbocycles. The minimum Gasteiger partial charge on any atom is -0.507 e. The van der Waals surface area contributed by atoms with E-state index in [2.05, 4.69) is 4.98 Å². The van der Waals surface area contributed by atoms with E-state index in [1.165, 1.54) is 36.5 Å². The van der Waals surface area contributed by atoms with Gasteiger partial charge in [-0.1, -0.05) is 30.3 Å². The Labute approximate surface area is 162 Å². The molecule has 0 spiro atoms. The standard InChI is InChI=1S/C23H12FNO4/c24-14-6-8-19-17(10-14)20-18(23(28)29-19)9-13(11-25-20)21(26)16-7-5-12-3-1-2-4-15(12)22(16)27/h1-11,27H. The molecule has 2 heterocycles. The molecule has 0 bridgehead atoms. The lowest BCUT2D eigenvalue weighted by Crippen LogP contribution is -2.07. The fourth-order valence-electron chi connectivity index (χ4n) is 3.48. The second-order valence-electron chi connectivity index (χ2n) is 6.66. The molecule has 0 saturated carbocycles. The average molecular weight is 385 g/mol. The van der Waals surface area contributed by atoms with Crippen molar-refractivity contribution in [2.75, 3.05) is 0 Å². The SMILES string of the molecule is O=C(c1cnc2c(c1)c(=O)oc1ccc(F)cc12)c1ccc2ccccc2c1O. The van der Waals surface area contributed by atoms with Crippen molar-refractivity contribution >= 4 is 38.4 Å².